The van der Waals surface area contributed by atoms with Crippen molar-refractivity contribution in [1.82, 2.24) is 9.47 Å². The van der Waals surface area contributed by atoms with E-state index >= 15 is 0 Å². The van der Waals surface area contributed by atoms with E-state index in [4.69, 9.17) is 16.6 Å². The van der Waals surface area contributed by atoms with Crippen LogP contribution in [0.5, 0.6) is 0 Å². The predicted octanol–water partition coefficient (Wildman–Crippen LogP) is 3.74. The number of hydrogen-bond donors (Lipinski definition) is 0. The summed E-state index contributed by atoms with van der Waals surface area (Å²) in [6.07, 6.45) is 0. The van der Waals surface area contributed by atoms with Gasteiger partial charge in [0, 0.05) is 31.9 Å². The lowest BCUT2D eigenvalue weighted by molar-refractivity contribution is 0.204. The fourth-order valence-electron chi connectivity index (χ4n) is 3.13. The molecule has 4 rings (SSSR count). The minimum Gasteiger partial charge on any atom is -0.429 e. The van der Waals surface area contributed by atoms with E-state index in [1.54, 1.807) is 0 Å². The normalized spacial score (nSPS) is 16.1. The maximum Gasteiger partial charge on any atom is 0.270 e. The molecule has 23 heavy (non-hydrogen) atoms. The molecule has 2 heterocycles. The third-order valence-electron chi connectivity index (χ3n) is 4.41. The number of hydrogen-bond acceptors (Lipinski definition) is 4. The Hall–Kier alpha value is -2.11. The van der Waals surface area contributed by atoms with Crippen LogP contribution in [0.3, 0.4) is 0 Å². The van der Waals surface area contributed by atoms with E-state index in [1.807, 2.05) is 18.2 Å². The summed E-state index contributed by atoms with van der Waals surface area (Å²) in [6.45, 7) is 4.91. The second-order valence-corrected chi connectivity index (χ2v) is 6.20. The second kappa shape index (κ2) is 6.18. The molecular weight excluding hydrogens is 306 g/mol. The zero-order valence-corrected chi connectivity index (χ0v) is 13.7. The van der Waals surface area contributed by atoms with E-state index in [1.165, 1.54) is 5.69 Å². The first-order valence-electron chi connectivity index (χ1n) is 7.92. The molecule has 0 atom stereocenters. The van der Waals surface area contributed by atoms with Gasteiger partial charge in [-0.25, -0.2) is 0 Å². The van der Waals surface area contributed by atoms with Gasteiger partial charge in [0.1, 0.15) is 0 Å². The van der Waals surface area contributed by atoms with Crippen LogP contribution in [0.25, 0.3) is 11.1 Å². The van der Waals surface area contributed by atoms with Crippen LogP contribution in [-0.4, -0.2) is 35.6 Å². The lowest BCUT2D eigenvalue weighted by Crippen LogP contribution is -2.46. The molecule has 1 fully saturated rings. The average Bonchev–Trinajstić information content (AvgIpc) is 2.92. The highest BCUT2D eigenvalue weighted by Gasteiger charge is 2.18. The Morgan fingerprint density at radius 1 is 0.870 bits per heavy atom. The van der Waals surface area contributed by atoms with Gasteiger partial charge in [-0.2, -0.15) is 0 Å². The first-order valence-corrected chi connectivity index (χ1v) is 8.33. The van der Waals surface area contributed by atoms with Crippen molar-refractivity contribution in [3.05, 3.63) is 59.4 Å². The molecule has 0 unspecified atom stereocenters. The fraction of sp³-hybridized carbons (Fsp3) is 0.278. The standard InChI is InChI=1S/C18H19N3OS/c23-18-21(16-8-4-5-9-17(16)22-18)14-19-10-12-20(13-11-19)15-6-2-1-3-7-15/h1-9H,10-14H2. The summed E-state index contributed by atoms with van der Waals surface area (Å²) in [7, 11) is 0. The van der Waals surface area contributed by atoms with Crippen molar-refractivity contribution in [3.63, 3.8) is 0 Å². The van der Waals surface area contributed by atoms with Crippen LogP contribution in [0.2, 0.25) is 0 Å². The summed E-state index contributed by atoms with van der Waals surface area (Å²) >= 11 is 5.38. The number of oxazole rings is 1. The van der Waals surface area contributed by atoms with Crippen molar-refractivity contribution in [1.29, 1.82) is 0 Å². The van der Waals surface area contributed by atoms with Crippen LogP contribution in [-0.2, 0) is 6.67 Å². The summed E-state index contributed by atoms with van der Waals surface area (Å²) in [5, 5.41) is 0. The number of benzene rings is 2. The first kappa shape index (κ1) is 14.5. The molecular formula is C18H19N3OS. The van der Waals surface area contributed by atoms with Crippen molar-refractivity contribution < 1.29 is 4.42 Å². The number of fused-ring (bicyclic) bond motifs is 1. The molecule has 0 spiro atoms. The van der Waals surface area contributed by atoms with Crippen molar-refractivity contribution >= 4 is 29.0 Å². The maximum absolute atomic E-state index is 5.67. The van der Waals surface area contributed by atoms with E-state index < -0.39 is 0 Å². The van der Waals surface area contributed by atoms with E-state index in [9.17, 15) is 0 Å². The molecule has 1 saturated heterocycles. The molecule has 0 amide bonds. The van der Waals surface area contributed by atoms with Crippen molar-refractivity contribution in [2.75, 3.05) is 31.1 Å². The van der Waals surface area contributed by atoms with Gasteiger partial charge in [-0.3, -0.25) is 9.47 Å². The van der Waals surface area contributed by atoms with Crippen molar-refractivity contribution in [3.8, 4) is 0 Å². The summed E-state index contributed by atoms with van der Waals surface area (Å²) in [6, 6.07) is 18.6. The maximum atomic E-state index is 5.67. The summed E-state index contributed by atoms with van der Waals surface area (Å²) in [5.74, 6) is 0. The molecule has 0 aliphatic carbocycles. The highest BCUT2D eigenvalue weighted by Crippen LogP contribution is 2.19. The second-order valence-electron chi connectivity index (χ2n) is 5.85. The van der Waals surface area contributed by atoms with Crippen LogP contribution in [0.15, 0.2) is 59.0 Å². The van der Waals surface area contributed by atoms with Gasteiger partial charge in [0.2, 0.25) is 0 Å². The lowest BCUT2D eigenvalue weighted by Gasteiger charge is -2.36. The Morgan fingerprint density at radius 3 is 2.35 bits per heavy atom. The largest absolute Gasteiger partial charge is 0.429 e. The zero-order chi connectivity index (χ0) is 15.6. The van der Waals surface area contributed by atoms with E-state index in [0.29, 0.717) is 4.84 Å². The Labute approximate surface area is 140 Å². The fourth-order valence-corrected chi connectivity index (χ4v) is 3.38. The number of nitrogens with zero attached hydrogens (tertiary/aromatic N) is 3. The molecule has 2 aromatic carbocycles. The van der Waals surface area contributed by atoms with Crippen molar-refractivity contribution in [2.24, 2.45) is 0 Å². The average molecular weight is 325 g/mol. The Balaban J connectivity index is 1.47. The van der Waals surface area contributed by atoms with Crippen LogP contribution in [0, 0.1) is 4.84 Å². The number of anilines is 1. The molecule has 1 aliphatic rings. The SMILES string of the molecule is S=c1oc2ccccc2n1CN1CCN(c2ccccc2)CC1. The Bertz CT molecular complexity index is 847. The van der Waals surface area contributed by atoms with Gasteiger partial charge >= 0.3 is 0 Å². The van der Waals surface area contributed by atoms with Gasteiger partial charge in [-0.05, 0) is 36.5 Å². The van der Waals surface area contributed by atoms with Crippen LogP contribution >= 0.6 is 12.2 Å². The molecule has 118 valence electrons. The molecule has 3 aromatic rings. The third-order valence-corrected chi connectivity index (χ3v) is 4.71. The van der Waals surface area contributed by atoms with Crippen LogP contribution in [0.4, 0.5) is 5.69 Å². The zero-order valence-electron chi connectivity index (χ0n) is 12.9. The van der Waals surface area contributed by atoms with Gasteiger partial charge in [-0.1, -0.05) is 30.3 Å². The molecule has 0 N–H and O–H groups in total. The lowest BCUT2D eigenvalue weighted by atomic mass is 10.2. The van der Waals surface area contributed by atoms with Gasteiger partial charge in [-0.15, -0.1) is 0 Å². The highest BCUT2D eigenvalue weighted by atomic mass is 32.1. The highest BCUT2D eigenvalue weighted by molar-refractivity contribution is 7.71. The molecule has 0 bridgehead atoms. The van der Waals surface area contributed by atoms with Crippen LogP contribution < -0.4 is 4.90 Å². The monoisotopic (exact) mass is 325 g/mol. The molecule has 0 saturated carbocycles. The number of para-hydroxylation sites is 3. The molecule has 1 aliphatic heterocycles. The quantitative estimate of drug-likeness (QED) is 0.685. The van der Waals surface area contributed by atoms with E-state index in [-0.39, 0.29) is 0 Å². The Kier molecular flexibility index (Phi) is 3.89. The number of aromatic nitrogens is 1. The van der Waals surface area contributed by atoms with Crippen LogP contribution in [0.1, 0.15) is 0 Å². The first-order chi connectivity index (χ1) is 11.3. The minimum absolute atomic E-state index is 0.552. The Morgan fingerprint density at radius 2 is 1.57 bits per heavy atom. The molecule has 1 aromatic heterocycles. The predicted molar refractivity (Wildman–Crippen MR) is 95.3 cm³/mol. The molecule has 4 nitrogen and oxygen atoms in total. The smallest absolute Gasteiger partial charge is 0.270 e. The molecule has 5 heteroatoms. The number of piperazine rings is 1. The van der Waals surface area contributed by atoms with Gasteiger partial charge in [0.15, 0.2) is 5.58 Å². The van der Waals surface area contributed by atoms with Gasteiger partial charge in [0.25, 0.3) is 4.84 Å². The summed E-state index contributed by atoms with van der Waals surface area (Å²) < 4.78 is 7.76. The minimum atomic E-state index is 0.552. The van der Waals surface area contributed by atoms with Gasteiger partial charge < -0.3 is 9.32 Å². The molecule has 0 radical (unpaired) electrons. The number of rotatable bonds is 3. The van der Waals surface area contributed by atoms with E-state index in [0.717, 1.165) is 43.9 Å². The topological polar surface area (TPSA) is 24.6 Å². The summed E-state index contributed by atoms with van der Waals surface area (Å²) in [4.78, 5) is 5.41. The van der Waals surface area contributed by atoms with Gasteiger partial charge in [0.05, 0.1) is 12.2 Å². The van der Waals surface area contributed by atoms with Crippen molar-refractivity contribution in [2.45, 2.75) is 6.67 Å². The van der Waals surface area contributed by atoms with E-state index in [2.05, 4.69) is 50.8 Å². The summed E-state index contributed by atoms with van der Waals surface area (Å²) in [5.41, 5.74) is 3.24. The third kappa shape index (κ3) is 2.90.